The van der Waals surface area contributed by atoms with Crippen LogP contribution in [0.5, 0.6) is 0 Å². The number of amides is 1. The van der Waals surface area contributed by atoms with Crippen molar-refractivity contribution in [3.63, 3.8) is 0 Å². The van der Waals surface area contributed by atoms with Gasteiger partial charge in [-0.25, -0.2) is 4.98 Å². The Kier molecular flexibility index (Phi) is 7.59. The minimum absolute atomic E-state index is 0.108. The number of aryl methyl sites for hydroxylation is 3. The quantitative estimate of drug-likeness (QED) is 0.269. The fraction of sp³-hybridized carbons (Fsp3) is 0.414. The Morgan fingerprint density at radius 3 is 2.36 bits per heavy atom. The number of hydrogen-bond donors (Lipinski definition) is 1. The molecule has 36 heavy (non-hydrogen) atoms. The Balaban J connectivity index is 1.81. The highest BCUT2D eigenvalue weighted by Crippen LogP contribution is 2.40. The first kappa shape index (κ1) is 25.6. The maximum absolute atomic E-state index is 13.4. The number of carbonyl (C=O) groups excluding carboxylic acids is 2. The summed E-state index contributed by atoms with van der Waals surface area (Å²) in [6.45, 7) is 13.3. The van der Waals surface area contributed by atoms with Gasteiger partial charge in [0, 0.05) is 12.7 Å². The lowest BCUT2D eigenvalue weighted by molar-refractivity contribution is -0.140. The fourth-order valence-electron chi connectivity index (χ4n) is 5.07. The van der Waals surface area contributed by atoms with Crippen molar-refractivity contribution >= 4 is 23.1 Å². The van der Waals surface area contributed by atoms with Gasteiger partial charge in [0.05, 0.1) is 17.3 Å². The summed E-state index contributed by atoms with van der Waals surface area (Å²) in [5.74, 6) is -1.45. The van der Waals surface area contributed by atoms with Crippen LogP contribution in [0.25, 0.3) is 11.4 Å². The summed E-state index contributed by atoms with van der Waals surface area (Å²) >= 11 is 0. The molecule has 7 nitrogen and oxygen atoms in total. The number of aromatic nitrogens is 2. The fourth-order valence-corrected chi connectivity index (χ4v) is 5.07. The zero-order chi connectivity index (χ0) is 26.0. The van der Waals surface area contributed by atoms with Crippen molar-refractivity contribution in [1.82, 2.24) is 19.2 Å². The van der Waals surface area contributed by atoms with E-state index in [1.165, 1.54) is 5.56 Å². The topological polar surface area (TPSA) is 78.1 Å². The highest BCUT2D eigenvalue weighted by molar-refractivity contribution is 6.46. The maximum atomic E-state index is 13.4. The average molecular weight is 489 g/mol. The molecule has 1 N–H and O–H groups in total. The van der Waals surface area contributed by atoms with Crippen molar-refractivity contribution < 1.29 is 14.7 Å². The van der Waals surface area contributed by atoms with E-state index in [0.717, 1.165) is 49.3 Å². The number of imidazole rings is 1. The molecule has 7 heteroatoms. The lowest BCUT2D eigenvalue weighted by Crippen LogP contribution is -2.33. The number of benzene rings is 1. The molecule has 3 heterocycles. The van der Waals surface area contributed by atoms with Crippen LogP contribution in [-0.4, -0.2) is 62.2 Å². The third kappa shape index (κ3) is 4.55. The third-order valence-corrected chi connectivity index (χ3v) is 7.32. The van der Waals surface area contributed by atoms with E-state index in [1.54, 1.807) is 4.90 Å². The van der Waals surface area contributed by atoms with Crippen LogP contribution in [0.2, 0.25) is 0 Å². The number of likely N-dealkylation sites (tertiary alicyclic amines) is 1. The first-order valence-corrected chi connectivity index (χ1v) is 12.9. The molecule has 1 aliphatic heterocycles. The van der Waals surface area contributed by atoms with Gasteiger partial charge in [0.15, 0.2) is 5.76 Å². The Labute approximate surface area is 213 Å². The maximum Gasteiger partial charge on any atom is 0.295 e. The highest BCUT2D eigenvalue weighted by atomic mass is 16.3. The molecule has 1 aliphatic rings. The molecule has 0 spiro atoms. The van der Waals surface area contributed by atoms with Gasteiger partial charge < -0.3 is 19.3 Å². The molecule has 1 amide bonds. The second kappa shape index (κ2) is 10.7. The van der Waals surface area contributed by atoms with Gasteiger partial charge in [-0.05, 0) is 69.1 Å². The predicted molar refractivity (Wildman–Crippen MR) is 142 cm³/mol. The van der Waals surface area contributed by atoms with Gasteiger partial charge in [0.1, 0.15) is 11.3 Å². The molecule has 0 aliphatic carbocycles. The van der Waals surface area contributed by atoms with Crippen molar-refractivity contribution in [2.24, 2.45) is 0 Å². The van der Waals surface area contributed by atoms with Crippen molar-refractivity contribution in [3.8, 4) is 0 Å². The third-order valence-electron chi connectivity index (χ3n) is 7.32. The van der Waals surface area contributed by atoms with E-state index >= 15 is 0 Å². The molecule has 3 aromatic rings. The van der Waals surface area contributed by atoms with E-state index in [-0.39, 0.29) is 11.3 Å². The number of hydrogen-bond acceptors (Lipinski definition) is 5. The number of fused-ring (bicyclic) bond motifs is 1. The molecule has 1 unspecified atom stereocenters. The van der Waals surface area contributed by atoms with E-state index in [9.17, 15) is 14.7 Å². The van der Waals surface area contributed by atoms with Crippen molar-refractivity contribution in [2.75, 3.05) is 26.2 Å². The van der Waals surface area contributed by atoms with Gasteiger partial charge >= 0.3 is 0 Å². The number of aliphatic hydroxyl groups is 1. The van der Waals surface area contributed by atoms with Crippen LogP contribution in [0.3, 0.4) is 0 Å². The molecule has 4 rings (SSSR count). The van der Waals surface area contributed by atoms with Gasteiger partial charge in [-0.2, -0.15) is 0 Å². The van der Waals surface area contributed by atoms with Gasteiger partial charge in [-0.15, -0.1) is 0 Å². The van der Waals surface area contributed by atoms with E-state index in [4.69, 9.17) is 0 Å². The minimum atomic E-state index is -0.659. The molecule has 0 radical (unpaired) electrons. The Hall–Kier alpha value is -3.45. The molecule has 0 bridgehead atoms. The summed E-state index contributed by atoms with van der Waals surface area (Å²) in [5.41, 5.74) is 4.82. The number of rotatable bonds is 9. The van der Waals surface area contributed by atoms with Gasteiger partial charge in [-0.3, -0.25) is 9.59 Å². The van der Waals surface area contributed by atoms with E-state index in [0.29, 0.717) is 17.9 Å². The average Bonchev–Trinajstić information content (AvgIpc) is 3.36. The number of ketones is 1. The number of Topliss-reactive ketones (excluding diaryl/α,β-unsaturated/α-hetero) is 1. The second-order valence-corrected chi connectivity index (χ2v) is 9.40. The number of pyridine rings is 1. The molecule has 1 saturated heterocycles. The van der Waals surface area contributed by atoms with Crippen LogP contribution >= 0.6 is 0 Å². The van der Waals surface area contributed by atoms with Crippen LogP contribution in [0, 0.1) is 13.8 Å². The number of nitrogens with zero attached hydrogens (tertiary/aromatic N) is 4. The summed E-state index contributed by atoms with van der Waals surface area (Å²) in [6.07, 6.45) is 3.52. The lowest BCUT2D eigenvalue weighted by atomic mass is 9.95. The molecule has 1 fully saturated rings. The monoisotopic (exact) mass is 488 g/mol. The van der Waals surface area contributed by atoms with Gasteiger partial charge in [-0.1, -0.05) is 51.1 Å². The number of aliphatic hydroxyl groups excluding tert-OH is 1. The molecule has 190 valence electrons. The number of carbonyl (C=O) groups is 2. The summed E-state index contributed by atoms with van der Waals surface area (Å²) in [4.78, 5) is 35.2. The summed E-state index contributed by atoms with van der Waals surface area (Å²) in [5, 5.41) is 11.5. The highest BCUT2D eigenvalue weighted by Gasteiger charge is 2.46. The minimum Gasteiger partial charge on any atom is -0.505 e. The molecule has 1 aromatic carbocycles. The predicted octanol–water partition coefficient (Wildman–Crippen LogP) is 4.67. The lowest BCUT2D eigenvalue weighted by Gasteiger charge is -2.27. The Morgan fingerprint density at radius 2 is 1.75 bits per heavy atom. The van der Waals surface area contributed by atoms with Crippen LogP contribution < -0.4 is 0 Å². The van der Waals surface area contributed by atoms with E-state index < -0.39 is 17.7 Å². The van der Waals surface area contributed by atoms with Crippen molar-refractivity contribution in [2.45, 2.75) is 53.5 Å². The van der Waals surface area contributed by atoms with Crippen LogP contribution in [0.1, 0.15) is 61.3 Å². The summed E-state index contributed by atoms with van der Waals surface area (Å²) in [6, 6.07) is 11.2. The van der Waals surface area contributed by atoms with Crippen molar-refractivity contribution in [3.05, 3.63) is 76.2 Å². The first-order valence-electron chi connectivity index (χ1n) is 12.9. The standard InChI is InChI=1S/C29H36N4O3/c1-6-21-12-14-22(15-13-21)25-23(27(35)29(36)33(25)18-10-16-31(7-2)8-3)26(34)24-20(5)32-17-9-11-19(4)28(32)30-24/h9,11-15,17,25,34H,6-8,10,16,18H2,1-5H3/b26-23+. The van der Waals surface area contributed by atoms with Crippen LogP contribution in [-0.2, 0) is 16.0 Å². The molecule has 0 saturated carbocycles. The van der Waals surface area contributed by atoms with Gasteiger partial charge in [0.25, 0.3) is 11.7 Å². The van der Waals surface area contributed by atoms with Crippen molar-refractivity contribution in [1.29, 1.82) is 0 Å². The normalized spacial score (nSPS) is 17.6. The van der Waals surface area contributed by atoms with E-state index in [1.807, 2.05) is 60.8 Å². The van der Waals surface area contributed by atoms with E-state index in [2.05, 4.69) is 30.7 Å². The van der Waals surface area contributed by atoms with Crippen LogP contribution in [0.15, 0.2) is 48.2 Å². The second-order valence-electron chi connectivity index (χ2n) is 9.40. The molecular weight excluding hydrogens is 452 g/mol. The SMILES string of the molecule is CCc1ccc(C2/C(=C(\O)c3nc4c(C)cccn4c3C)C(=O)C(=O)N2CCCN(CC)CC)cc1. The summed E-state index contributed by atoms with van der Waals surface area (Å²) in [7, 11) is 0. The first-order chi connectivity index (χ1) is 17.3. The zero-order valence-electron chi connectivity index (χ0n) is 21.9. The van der Waals surface area contributed by atoms with Gasteiger partial charge in [0.2, 0.25) is 0 Å². The van der Waals surface area contributed by atoms with Crippen LogP contribution in [0.4, 0.5) is 0 Å². The Morgan fingerprint density at radius 1 is 1.06 bits per heavy atom. The zero-order valence-corrected chi connectivity index (χ0v) is 21.9. The summed E-state index contributed by atoms with van der Waals surface area (Å²) < 4.78 is 1.90. The molecular formula is C29H36N4O3. The molecule has 1 atom stereocenters. The molecule has 2 aromatic heterocycles. The largest absolute Gasteiger partial charge is 0.505 e. The smallest absolute Gasteiger partial charge is 0.295 e. The Bertz CT molecular complexity index is 1300.